The first-order chi connectivity index (χ1) is 13.5. The quantitative estimate of drug-likeness (QED) is 0.505. The van der Waals surface area contributed by atoms with Gasteiger partial charge in [0.05, 0.1) is 29.9 Å². The molecule has 0 aliphatic heterocycles. The second kappa shape index (κ2) is 7.21. The first-order valence-corrected chi connectivity index (χ1v) is 9.59. The Bertz CT molecular complexity index is 1100. The topological polar surface area (TPSA) is 46.4 Å². The van der Waals surface area contributed by atoms with E-state index in [4.69, 9.17) is 4.74 Å². The molecule has 0 aliphatic carbocycles. The second-order valence-corrected chi connectivity index (χ2v) is 7.53. The third-order valence-electron chi connectivity index (χ3n) is 5.06. The lowest BCUT2D eigenvalue weighted by molar-refractivity contribution is 0.208. The molecule has 0 spiro atoms. The lowest BCUT2D eigenvalue weighted by atomic mass is 10.1. The largest absolute Gasteiger partial charge is 0.497 e. The molecular formula is C24H26N2O2. The highest BCUT2D eigenvalue weighted by Gasteiger charge is 2.14. The van der Waals surface area contributed by atoms with Crippen LogP contribution in [0.15, 0.2) is 54.6 Å². The number of benzene rings is 3. The van der Waals surface area contributed by atoms with E-state index in [1.807, 2.05) is 12.1 Å². The molecule has 4 heteroatoms. The molecule has 0 saturated heterocycles. The smallest absolute Gasteiger partial charge is 0.123 e. The molecule has 1 aromatic heterocycles. The van der Waals surface area contributed by atoms with Crippen molar-refractivity contribution in [2.45, 2.75) is 26.9 Å². The molecule has 2 N–H and O–H groups in total. The third-order valence-corrected chi connectivity index (χ3v) is 5.06. The number of nitrogens with zero attached hydrogens (tertiary/aromatic N) is 1. The van der Waals surface area contributed by atoms with Crippen molar-refractivity contribution in [2.75, 3.05) is 19.0 Å². The summed E-state index contributed by atoms with van der Waals surface area (Å²) in [7, 11) is 1.68. The summed E-state index contributed by atoms with van der Waals surface area (Å²) in [6.07, 6.45) is -0.422. The summed E-state index contributed by atoms with van der Waals surface area (Å²) in [5.74, 6) is 0.778. The summed E-state index contributed by atoms with van der Waals surface area (Å²) in [6, 6.07) is 19.3. The lowest BCUT2D eigenvalue weighted by Gasteiger charge is -2.14. The molecule has 28 heavy (non-hydrogen) atoms. The van der Waals surface area contributed by atoms with Gasteiger partial charge in [-0.2, -0.15) is 0 Å². The number of ether oxygens (including phenoxy) is 1. The molecule has 4 rings (SSSR count). The molecule has 1 unspecified atom stereocenters. The third kappa shape index (κ3) is 3.32. The van der Waals surface area contributed by atoms with Crippen molar-refractivity contribution in [3.8, 4) is 11.4 Å². The molecule has 3 aromatic carbocycles. The number of aryl methyl sites for hydroxylation is 2. The van der Waals surface area contributed by atoms with E-state index in [0.717, 1.165) is 17.1 Å². The fraction of sp³-hybridized carbons (Fsp3) is 0.250. The van der Waals surface area contributed by atoms with Gasteiger partial charge in [-0.1, -0.05) is 23.3 Å². The zero-order chi connectivity index (χ0) is 19.8. The predicted molar refractivity (Wildman–Crippen MR) is 117 cm³/mol. The first-order valence-electron chi connectivity index (χ1n) is 9.59. The highest BCUT2D eigenvalue weighted by Crippen LogP contribution is 2.35. The van der Waals surface area contributed by atoms with Crippen LogP contribution in [0.5, 0.6) is 5.75 Å². The summed E-state index contributed by atoms with van der Waals surface area (Å²) in [5, 5.41) is 15.4. The van der Waals surface area contributed by atoms with E-state index < -0.39 is 6.10 Å². The minimum Gasteiger partial charge on any atom is -0.497 e. The van der Waals surface area contributed by atoms with Gasteiger partial charge in [0.2, 0.25) is 0 Å². The van der Waals surface area contributed by atoms with Gasteiger partial charge in [-0.05, 0) is 51.1 Å². The summed E-state index contributed by atoms with van der Waals surface area (Å²) in [6.45, 7) is 6.51. The van der Waals surface area contributed by atoms with Crippen molar-refractivity contribution in [3.63, 3.8) is 0 Å². The van der Waals surface area contributed by atoms with Crippen LogP contribution in [0.1, 0.15) is 18.1 Å². The van der Waals surface area contributed by atoms with E-state index in [1.54, 1.807) is 14.0 Å². The van der Waals surface area contributed by atoms with Crippen LogP contribution in [-0.2, 0) is 0 Å². The van der Waals surface area contributed by atoms with Crippen LogP contribution in [0, 0.1) is 13.8 Å². The summed E-state index contributed by atoms with van der Waals surface area (Å²) < 4.78 is 7.82. The number of aliphatic hydroxyl groups is 1. The summed E-state index contributed by atoms with van der Waals surface area (Å²) in [5.41, 5.74) is 6.78. The number of aromatic nitrogens is 1. The SMILES string of the molecule is COc1cc(NCC(C)O)cc(-n2c3ccc(C)cc3c3cc(C)ccc32)c1. The standard InChI is InChI=1S/C24H26N2O2/c1-15-5-7-23-21(9-15)22-10-16(2)6-8-24(22)26(23)19-11-18(25-14-17(3)27)12-20(13-19)28-4/h5-13,17,25,27H,14H2,1-4H3. The molecule has 0 fully saturated rings. The molecule has 4 aromatic rings. The van der Waals surface area contributed by atoms with Crippen molar-refractivity contribution in [2.24, 2.45) is 0 Å². The van der Waals surface area contributed by atoms with Gasteiger partial charge in [0.1, 0.15) is 5.75 Å². The maximum absolute atomic E-state index is 9.63. The molecule has 1 atom stereocenters. The fourth-order valence-corrected chi connectivity index (χ4v) is 3.73. The predicted octanol–water partition coefficient (Wildman–Crippen LogP) is 5.20. The van der Waals surface area contributed by atoms with Gasteiger partial charge in [-0.3, -0.25) is 0 Å². The summed E-state index contributed by atoms with van der Waals surface area (Å²) >= 11 is 0. The van der Waals surface area contributed by atoms with E-state index in [2.05, 4.69) is 66.2 Å². The van der Waals surface area contributed by atoms with Gasteiger partial charge >= 0.3 is 0 Å². The Morgan fingerprint density at radius 1 is 0.929 bits per heavy atom. The molecule has 0 aliphatic rings. The van der Waals surface area contributed by atoms with Crippen molar-refractivity contribution in [3.05, 3.63) is 65.7 Å². The van der Waals surface area contributed by atoms with Gasteiger partial charge in [-0.15, -0.1) is 0 Å². The van der Waals surface area contributed by atoms with E-state index in [1.165, 1.54) is 32.9 Å². The Morgan fingerprint density at radius 3 is 2.07 bits per heavy atom. The van der Waals surface area contributed by atoms with E-state index in [-0.39, 0.29) is 0 Å². The van der Waals surface area contributed by atoms with Crippen LogP contribution in [0.4, 0.5) is 5.69 Å². The number of rotatable bonds is 5. The molecule has 0 radical (unpaired) electrons. The number of nitrogens with one attached hydrogen (secondary N) is 1. The van der Waals surface area contributed by atoms with E-state index in [0.29, 0.717) is 6.54 Å². The van der Waals surface area contributed by atoms with E-state index >= 15 is 0 Å². The first kappa shape index (κ1) is 18.4. The molecule has 0 bridgehead atoms. The minimum absolute atomic E-state index is 0.422. The van der Waals surface area contributed by atoms with Gasteiger partial charge in [0.15, 0.2) is 0 Å². The number of fused-ring (bicyclic) bond motifs is 3. The highest BCUT2D eigenvalue weighted by molar-refractivity contribution is 6.09. The number of anilines is 1. The molecule has 144 valence electrons. The monoisotopic (exact) mass is 374 g/mol. The Labute approximate surface area is 165 Å². The molecule has 1 heterocycles. The van der Waals surface area contributed by atoms with Gasteiger partial charge in [0, 0.05) is 35.1 Å². The van der Waals surface area contributed by atoms with Crippen LogP contribution in [-0.4, -0.2) is 29.4 Å². The van der Waals surface area contributed by atoms with Crippen molar-refractivity contribution < 1.29 is 9.84 Å². The number of hydrogen-bond donors (Lipinski definition) is 2. The van der Waals surface area contributed by atoms with Gasteiger partial charge in [-0.25, -0.2) is 0 Å². The number of methoxy groups -OCH3 is 1. The van der Waals surface area contributed by atoms with Crippen LogP contribution in [0.2, 0.25) is 0 Å². The molecule has 0 saturated carbocycles. The molecule has 0 amide bonds. The average molecular weight is 374 g/mol. The van der Waals surface area contributed by atoms with Crippen LogP contribution >= 0.6 is 0 Å². The summed E-state index contributed by atoms with van der Waals surface area (Å²) in [4.78, 5) is 0. The van der Waals surface area contributed by atoms with Crippen LogP contribution in [0.3, 0.4) is 0 Å². The van der Waals surface area contributed by atoms with Gasteiger partial charge in [0.25, 0.3) is 0 Å². The molecule has 4 nitrogen and oxygen atoms in total. The maximum atomic E-state index is 9.63. The maximum Gasteiger partial charge on any atom is 0.123 e. The van der Waals surface area contributed by atoms with Crippen molar-refractivity contribution >= 4 is 27.5 Å². The Balaban J connectivity index is 1.98. The van der Waals surface area contributed by atoms with Crippen molar-refractivity contribution in [1.82, 2.24) is 4.57 Å². The normalized spacial score (nSPS) is 12.5. The highest BCUT2D eigenvalue weighted by atomic mass is 16.5. The Morgan fingerprint density at radius 2 is 1.54 bits per heavy atom. The number of hydrogen-bond acceptors (Lipinski definition) is 3. The zero-order valence-electron chi connectivity index (χ0n) is 16.8. The Hall–Kier alpha value is -2.98. The van der Waals surface area contributed by atoms with Crippen LogP contribution < -0.4 is 10.1 Å². The minimum atomic E-state index is -0.422. The average Bonchev–Trinajstić information content (AvgIpc) is 2.99. The van der Waals surface area contributed by atoms with Crippen LogP contribution in [0.25, 0.3) is 27.5 Å². The fourth-order valence-electron chi connectivity index (χ4n) is 3.73. The second-order valence-electron chi connectivity index (χ2n) is 7.53. The number of aliphatic hydroxyl groups excluding tert-OH is 1. The lowest BCUT2D eigenvalue weighted by Crippen LogP contribution is -2.15. The van der Waals surface area contributed by atoms with Gasteiger partial charge < -0.3 is 19.7 Å². The zero-order valence-corrected chi connectivity index (χ0v) is 16.8. The molecular weight excluding hydrogens is 348 g/mol. The van der Waals surface area contributed by atoms with Crippen molar-refractivity contribution in [1.29, 1.82) is 0 Å². The Kier molecular flexibility index (Phi) is 4.73. The van der Waals surface area contributed by atoms with E-state index in [9.17, 15) is 5.11 Å².